The number of ether oxygens (including phenoxy) is 1. The van der Waals surface area contributed by atoms with Crippen LogP contribution in [0.5, 0.6) is 5.75 Å². The van der Waals surface area contributed by atoms with Crippen molar-refractivity contribution in [1.29, 1.82) is 0 Å². The van der Waals surface area contributed by atoms with Crippen LogP contribution in [-0.4, -0.2) is 22.3 Å². The van der Waals surface area contributed by atoms with Gasteiger partial charge in [-0.2, -0.15) is 5.10 Å². The highest BCUT2D eigenvalue weighted by atomic mass is 16.5. The van der Waals surface area contributed by atoms with Gasteiger partial charge in [0.1, 0.15) is 5.75 Å². The second-order valence-electron chi connectivity index (χ2n) is 4.79. The van der Waals surface area contributed by atoms with Crippen LogP contribution in [0.15, 0.2) is 30.5 Å². The number of nitrogens with zero attached hydrogens (tertiary/aromatic N) is 2. The van der Waals surface area contributed by atoms with Gasteiger partial charge in [-0.05, 0) is 24.6 Å². The molecule has 0 bridgehead atoms. The molecule has 2 aromatic rings. The largest absolute Gasteiger partial charge is 0.484 e. The molecule has 0 fully saturated rings. The van der Waals surface area contributed by atoms with Crippen molar-refractivity contribution in [1.82, 2.24) is 15.1 Å². The van der Waals surface area contributed by atoms with Crippen LogP contribution in [0.2, 0.25) is 0 Å². The van der Waals surface area contributed by atoms with E-state index in [1.54, 1.807) is 23.0 Å². The Balaban J connectivity index is 1.78. The first kappa shape index (κ1) is 15.1. The van der Waals surface area contributed by atoms with Gasteiger partial charge in [0.25, 0.3) is 5.91 Å². The second kappa shape index (κ2) is 6.90. The molecule has 0 radical (unpaired) electrons. The molecular formula is C15H20N4O2. The molecule has 112 valence electrons. The fourth-order valence-corrected chi connectivity index (χ4v) is 1.83. The Bertz CT molecular complexity index is 605. The number of rotatable bonds is 6. The van der Waals surface area contributed by atoms with Crippen LogP contribution in [0.25, 0.3) is 0 Å². The van der Waals surface area contributed by atoms with Crippen molar-refractivity contribution >= 4 is 5.91 Å². The minimum Gasteiger partial charge on any atom is -0.484 e. The Kier molecular flexibility index (Phi) is 4.94. The van der Waals surface area contributed by atoms with E-state index in [0.29, 0.717) is 18.8 Å². The van der Waals surface area contributed by atoms with Gasteiger partial charge >= 0.3 is 0 Å². The van der Waals surface area contributed by atoms with Crippen LogP contribution >= 0.6 is 0 Å². The summed E-state index contributed by atoms with van der Waals surface area (Å²) in [4.78, 5) is 11.7. The number of hydrogen-bond donors (Lipinski definition) is 2. The second-order valence-corrected chi connectivity index (χ2v) is 4.79. The van der Waals surface area contributed by atoms with Gasteiger partial charge in [-0.15, -0.1) is 0 Å². The molecule has 1 aromatic carbocycles. The highest BCUT2D eigenvalue weighted by molar-refractivity contribution is 5.77. The summed E-state index contributed by atoms with van der Waals surface area (Å²) in [5.41, 5.74) is 8.58. The lowest BCUT2D eigenvalue weighted by atomic mass is 10.2. The number of benzene rings is 1. The predicted molar refractivity (Wildman–Crippen MR) is 79.6 cm³/mol. The average Bonchev–Trinajstić information content (AvgIpc) is 2.83. The van der Waals surface area contributed by atoms with Gasteiger partial charge in [0, 0.05) is 31.4 Å². The molecule has 0 saturated heterocycles. The molecule has 1 heterocycles. The van der Waals surface area contributed by atoms with Crippen molar-refractivity contribution in [2.24, 2.45) is 12.8 Å². The van der Waals surface area contributed by atoms with Crippen LogP contribution in [0.1, 0.15) is 16.8 Å². The third-order valence-electron chi connectivity index (χ3n) is 3.34. The normalized spacial score (nSPS) is 10.4. The Morgan fingerprint density at radius 1 is 1.38 bits per heavy atom. The number of carbonyl (C=O) groups excluding carboxylic acids is 1. The highest BCUT2D eigenvalue weighted by Crippen LogP contribution is 2.11. The van der Waals surface area contributed by atoms with Gasteiger partial charge in [0.15, 0.2) is 6.61 Å². The fourth-order valence-electron chi connectivity index (χ4n) is 1.83. The zero-order valence-corrected chi connectivity index (χ0v) is 12.3. The molecule has 0 unspecified atom stereocenters. The number of carbonyl (C=O) groups is 1. The number of aryl methyl sites for hydroxylation is 1. The monoisotopic (exact) mass is 288 g/mol. The lowest BCUT2D eigenvalue weighted by molar-refractivity contribution is -0.123. The van der Waals surface area contributed by atoms with E-state index in [1.165, 1.54) is 0 Å². The van der Waals surface area contributed by atoms with Crippen molar-refractivity contribution < 1.29 is 9.53 Å². The topological polar surface area (TPSA) is 82.2 Å². The standard InChI is InChI=1S/C15H20N4O2/c1-11-13(9-18-19(11)2)8-17-15(20)10-21-14-5-3-12(7-16)4-6-14/h3-6,9H,7-8,10,16H2,1-2H3,(H,17,20). The van der Waals surface area contributed by atoms with Crippen LogP contribution < -0.4 is 15.8 Å². The van der Waals surface area contributed by atoms with Crippen molar-refractivity contribution in [3.8, 4) is 5.75 Å². The summed E-state index contributed by atoms with van der Waals surface area (Å²) >= 11 is 0. The zero-order chi connectivity index (χ0) is 15.2. The van der Waals surface area contributed by atoms with Crippen molar-refractivity contribution in [2.45, 2.75) is 20.0 Å². The van der Waals surface area contributed by atoms with E-state index in [1.807, 2.05) is 26.1 Å². The van der Waals surface area contributed by atoms with Crippen LogP contribution in [0.3, 0.4) is 0 Å². The van der Waals surface area contributed by atoms with E-state index < -0.39 is 0 Å². The zero-order valence-electron chi connectivity index (χ0n) is 12.3. The molecule has 0 aliphatic heterocycles. The number of nitrogens with one attached hydrogen (secondary N) is 1. The SMILES string of the molecule is Cc1c(CNC(=O)COc2ccc(CN)cc2)cnn1C. The van der Waals surface area contributed by atoms with Crippen molar-refractivity contribution in [3.63, 3.8) is 0 Å². The van der Waals surface area contributed by atoms with E-state index in [9.17, 15) is 4.79 Å². The van der Waals surface area contributed by atoms with E-state index >= 15 is 0 Å². The molecule has 2 rings (SSSR count). The van der Waals surface area contributed by atoms with Gasteiger partial charge in [-0.25, -0.2) is 0 Å². The van der Waals surface area contributed by atoms with E-state index in [4.69, 9.17) is 10.5 Å². The van der Waals surface area contributed by atoms with Gasteiger partial charge < -0.3 is 15.8 Å². The first-order valence-electron chi connectivity index (χ1n) is 6.76. The summed E-state index contributed by atoms with van der Waals surface area (Å²) in [5.74, 6) is 0.487. The minimum atomic E-state index is -0.166. The lowest BCUT2D eigenvalue weighted by Gasteiger charge is -2.08. The number of hydrogen-bond acceptors (Lipinski definition) is 4. The molecule has 0 aliphatic rings. The number of nitrogens with two attached hydrogens (primary N) is 1. The van der Waals surface area contributed by atoms with Gasteiger partial charge in [0.05, 0.1) is 6.20 Å². The third kappa shape index (κ3) is 4.06. The maximum Gasteiger partial charge on any atom is 0.258 e. The first-order chi connectivity index (χ1) is 10.1. The summed E-state index contributed by atoms with van der Waals surface area (Å²) in [6, 6.07) is 7.37. The van der Waals surface area contributed by atoms with E-state index in [0.717, 1.165) is 16.8 Å². The van der Waals surface area contributed by atoms with E-state index in [2.05, 4.69) is 10.4 Å². The minimum absolute atomic E-state index is 0.0126. The molecule has 21 heavy (non-hydrogen) atoms. The third-order valence-corrected chi connectivity index (χ3v) is 3.34. The summed E-state index contributed by atoms with van der Waals surface area (Å²) in [5, 5.41) is 6.94. The van der Waals surface area contributed by atoms with Crippen LogP contribution in [0.4, 0.5) is 0 Å². The van der Waals surface area contributed by atoms with E-state index in [-0.39, 0.29) is 12.5 Å². The van der Waals surface area contributed by atoms with Crippen molar-refractivity contribution in [3.05, 3.63) is 47.3 Å². The molecule has 1 amide bonds. The van der Waals surface area contributed by atoms with Gasteiger partial charge in [-0.3, -0.25) is 9.48 Å². The maximum atomic E-state index is 11.7. The van der Waals surface area contributed by atoms with Gasteiger partial charge in [-0.1, -0.05) is 12.1 Å². The Hall–Kier alpha value is -2.34. The average molecular weight is 288 g/mol. The molecule has 0 spiro atoms. The quantitative estimate of drug-likeness (QED) is 0.827. The predicted octanol–water partition coefficient (Wildman–Crippen LogP) is 0.882. The van der Waals surface area contributed by atoms with Crippen molar-refractivity contribution in [2.75, 3.05) is 6.61 Å². The molecule has 3 N–H and O–H groups in total. The van der Waals surface area contributed by atoms with Gasteiger partial charge in [0.2, 0.25) is 0 Å². The lowest BCUT2D eigenvalue weighted by Crippen LogP contribution is -2.28. The highest BCUT2D eigenvalue weighted by Gasteiger charge is 2.07. The molecule has 0 saturated carbocycles. The Labute approximate surface area is 123 Å². The smallest absolute Gasteiger partial charge is 0.258 e. The summed E-state index contributed by atoms with van der Waals surface area (Å²) < 4.78 is 7.19. The first-order valence-corrected chi connectivity index (χ1v) is 6.76. The summed E-state index contributed by atoms with van der Waals surface area (Å²) in [6.45, 7) is 2.89. The Morgan fingerprint density at radius 2 is 2.10 bits per heavy atom. The molecular weight excluding hydrogens is 268 g/mol. The molecule has 0 aliphatic carbocycles. The molecule has 6 heteroatoms. The Morgan fingerprint density at radius 3 is 2.67 bits per heavy atom. The molecule has 1 aromatic heterocycles. The van der Waals surface area contributed by atoms with Crippen LogP contribution in [-0.2, 0) is 24.9 Å². The maximum absolute atomic E-state index is 11.7. The summed E-state index contributed by atoms with van der Waals surface area (Å²) in [7, 11) is 1.87. The molecule has 6 nitrogen and oxygen atoms in total. The molecule has 0 atom stereocenters. The number of aromatic nitrogens is 2. The number of amides is 1. The fraction of sp³-hybridized carbons (Fsp3) is 0.333. The summed E-state index contributed by atoms with van der Waals surface area (Å²) in [6.07, 6.45) is 1.75. The van der Waals surface area contributed by atoms with Crippen LogP contribution in [0, 0.1) is 6.92 Å².